The lowest BCUT2D eigenvalue weighted by Crippen LogP contribution is -2.20. The number of para-hydroxylation sites is 1. The van der Waals surface area contributed by atoms with Gasteiger partial charge in [-0.25, -0.2) is 9.88 Å². The van der Waals surface area contributed by atoms with Crippen molar-refractivity contribution in [2.24, 2.45) is 0 Å². The summed E-state index contributed by atoms with van der Waals surface area (Å²) >= 11 is 0. The van der Waals surface area contributed by atoms with Crippen LogP contribution in [-0.4, -0.2) is 26.6 Å². The number of benzene rings is 2. The van der Waals surface area contributed by atoms with Crippen LogP contribution in [0.15, 0.2) is 67.3 Å². The van der Waals surface area contributed by atoms with E-state index in [1.165, 1.54) is 4.90 Å². The number of hydrogen-bond donors (Lipinski definition) is 1. The number of aromatic nitrogens is 3. The van der Waals surface area contributed by atoms with Crippen molar-refractivity contribution >= 4 is 18.1 Å². The van der Waals surface area contributed by atoms with Gasteiger partial charge in [-0.3, -0.25) is 0 Å². The lowest BCUT2D eigenvalue weighted by molar-refractivity contribution is 0.477. The smallest absolute Gasteiger partial charge is 0.243 e. The summed E-state index contributed by atoms with van der Waals surface area (Å²) in [5, 5.41) is 19.5. The largest absolute Gasteiger partial charge is 0.507 e. The molecule has 0 aliphatic rings. The van der Waals surface area contributed by atoms with E-state index >= 15 is 0 Å². The van der Waals surface area contributed by atoms with Gasteiger partial charge < -0.3 is 5.11 Å². The average molecular weight is 355 g/mol. The summed E-state index contributed by atoms with van der Waals surface area (Å²) in [6.45, 7) is 3.92. The highest BCUT2D eigenvalue weighted by Gasteiger charge is 2.14. The molecule has 6 heteroatoms. The molecule has 1 N–H and O–H groups in total. The summed E-state index contributed by atoms with van der Waals surface area (Å²) in [6.07, 6.45) is 7.24. The Bertz CT molecular complexity index is 1010. The first-order chi connectivity index (χ1) is 13.2. The van der Waals surface area contributed by atoms with Crippen LogP contribution in [0.2, 0.25) is 0 Å². The van der Waals surface area contributed by atoms with E-state index in [0.717, 1.165) is 5.56 Å². The minimum absolute atomic E-state index is 0.0554. The van der Waals surface area contributed by atoms with Gasteiger partial charge in [-0.15, -0.1) is 6.58 Å². The number of phenolic OH excluding ortho intramolecular Hbond substituents is 1. The first kappa shape index (κ1) is 17.8. The van der Waals surface area contributed by atoms with Crippen molar-refractivity contribution in [3.8, 4) is 23.3 Å². The molecule has 2 aromatic carbocycles. The molecule has 6 nitrogen and oxygen atoms in total. The zero-order valence-electron chi connectivity index (χ0n) is 14.5. The molecule has 1 aromatic heterocycles. The monoisotopic (exact) mass is 355 g/mol. The molecule has 0 fully saturated rings. The van der Waals surface area contributed by atoms with E-state index in [1.54, 1.807) is 36.4 Å². The maximum Gasteiger partial charge on any atom is 0.243 e. The fourth-order valence-electron chi connectivity index (χ4n) is 2.39. The van der Waals surface area contributed by atoms with E-state index in [9.17, 15) is 10.4 Å². The minimum atomic E-state index is 0.0554. The molecule has 0 radical (unpaired) electrons. The Morgan fingerprint density at radius 1 is 1.00 bits per heavy atom. The summed E-state index contributed by atoms with van der Waals surface area (Å²) in [7, 11) is 0. The van der Waals surface area contributed by atoms with Crippen LogP contribution in [0.3, 0.4) is 0 Å². The van der Waals surface area contributed by atoms with Gasteiger partial charge in [-0.1, -0.05) is 54.6 Å². The first-order valence-corrected chi connectivity index (χ1v) is 8.27. The van der Waals surface area contributed by atoms with Gasteiger partial charge in [0, 0.05) is 0 Å². The van der Waals surface area contributed by atoms with Crippen LogP contribution in [-0.2, 0) is 0 Å². The molecule has 0 atom stereocenters. The van der Waals surface area contributed by atoms with Crippen LogP contribution in [0.25, 0.3) is 23.5 Å². The van der Waals surface area contributed by atoms with E-state index in [1.807, 2.05) is 42.6 Å². The molecule has 0 spiro atoms. The third-order valence-corrected chi connectivity index (χ3v) is 3.68. The van der Waals surface area contributed by atoms with Crippen molar-refractivity contribution in [2.75, 3.05) is 11.4 Å². The van der Waals surface area contributed by atoms with E-state index in [0.29, 0.717) is 11.4 Å². The van der Waals surface area contributed by atoms with Crippen LogP contribution in [0.4, 0.5) is 5.95 Å². The zero-order valence-corrected chi connectivity index (χ0v) is 14.5. The molecular formula is C21H17N5O. The number of phenols is 1. The van der Waals surface area contributed by atoms with E-state index in [-0.39, 0.29) is 24.1 Å². The molecule has 0 aliphatic carbocycles. The van der Waals surface area contributed by atoms with Gasteiger partial charge in [-0.2, -0.15) is 15.2 Å². The van der Waals surface area contributed by atoms with Gasteiger partial charge in [0.25, 0.3) is 0 Å². The third kappa shape index (κ3) is 4.35. The lowest BCUT2D eigenvalue weighted by atomic mass is 10.2. The quantitative estimate of drug-likeness (QED) is 0.410. The van der Waals surface area contributed by atoms with Crippen LogP contribution in [0, 0.1) is 11.5 Å². The van der Waals surface area contributed by atoms with Crippen molar-refractivity contribution in [2.45, 2.75) is 0 Å². The Labute approximate surface area is 157 Å². The van der Waals surface area contributed by atoms with E-state index in [4.69, 9.17) is 0 Å². The molecule has 0 saturated carbocycles. The molecule has 3 aromatic rings. The molecular weight excluding hydrogens is 338 g/mol. The van der Waals surface area contributed by atoms with Crippen LogP contribution >= 0.6 is 0 Å². The molecule has 27 heavy (non-hydrogen) atoms. The Kier molecular flexibility index (Phi) is 5.55. The summed E-state index contributed by atoms with van der Waals surface area (Å²) < 4.78 is 0. The van der Waals surface area contributed by atoms with Gasteiger partial charge in [0.2, 0.25) is 5.95 Å². The van der Waals surface area contributed by atoms with Crippen LogP contribution in [0.1, 0.15) is 11.4 Å². The summed E-state index contributed by atoms with van der Waals surface area (Å²) in [5.41, 5.74) is 1.46. The van der Waals surface area contributed by atoms with Crippen LogP contribution in [0.5, 0.6) is 5.75 Å². The maximum absolute atomic E-state index is 10.1. The molecule has 0 unspecified atom stereocenters. The van der Waals surface area contributed by atoms with Crippen molar-refractivity contribution in [1.29, 1.82) is 5.26 Å². The third-order valence-electron chi connectivity index (χ3n) is 3.68. The molecule has 1 heterocycles. The fraction of sp³-hybridized carbons (Fsp3) is 0.0476. The Morgan fingerprint density at radius 2 is 1.74 bits per heavy atom. The van der Waals surface area contributed by atoms with Gasteiger partial charge in [0.05, 0.1) is 12.1 Å². The molecule has 0 bridgehead atoms. The predicted molar refractivity (Wildman–Crippen MR) is 105 cm³/mol. The zero-order chi connectivity index (χ0) is 19.1. The molecule has 3 rings (SSSR count). The Morgan fingerprint density at radius 3 is 2.44 bits per heavy atom. The topological polar surface area (TPSA) is 85.9 Å². The molecule has 0 amide bonds. The minimum Gasteiger partial charge on any atom is -0.507 e. The van der Waals surface area contributed by atoms with Crippen molar-refractivity contribution in [3.63, 3.8) is 0 Å². The number of aromatic hydroxyl groups is 1. The highest BCUT2D eigenvalue weighted by Crippen LogP contribution is 2.27. The van der Waals surface area contributed by atoms with Crippen molar-refractivity contribution in [1.82, 2.24) is 15.0 Å². The van der Waals surface area contributed by atoms with E-state index in [2.05, 4.69) is 21.5 Å². The summed E-state index contributed by atoms with van der Waals surface area (Å²) in [5.74, 6) is 0.916. The Balaban J connectivity index is 2.08. The standard InChI is InChI=1S/C21H17N5O/c1-2-14-26(15-22)21-24-19(13-12-16-8-4-3-5-9-16)23-20(25-21)17-10-6-7-11-18(17)27/h2-13,27H,1,14H2. The highest BCUT2D eigenvalue weighted by atomic mass is 16.3. The second-order valence-electron chi connectivity index (χ2n) is 5.58. The van der Waals surface area contributed by atoms with Crippen LogP contribution < -0.4 is 4.90 Å². The number of nitrogens with zero attached hydrogens (tertiary/aromatic N) is 5. The maximum atomic E-state index is 10.1. The van der Waals surface area contributed by atoms with Crippen molar-refractivity contribution in [3.05, 3.63) is 78.6 Å². The normalized spacial score (nSPS) is 10.5. The van der Waals surface area contributed by atoms with Gasteiger partial charge in [-0.05, 0) is 23.8 Å². The second kappa shape index (κ2) is 8.41. The van der Waals surface area contributed by atoms with E-state index < -0.39 is 0 Å². The number of nitriles is 1. The molecule has 132 valence electrons. The molecule has 0 saturated heterocycles. The van der Waals surface area contributed by atoms with Crippen molar-refractivity contribution < 1.29 is 5.11 Å². The summed E-state index contributed by atoms with van der Waals surface area (Å²) in [6, 6.07) is 16.5. The van der Waals surface area contributed by atoms with Gasteiger partial charge in [0.1, 0.15) is 5.75 Å². The fourth-order valence-corrected chi connectivity index (χ4v) is 2.39. The summed E-state index contributed by atoms with van der Waals surface area (Å²) in [4.78, 5) is 14.4. The van der Waals surface area contributed by atoms with Gasteiger partial charge in [0.15, 0.2) is 17.8 Å². The Hall–Kier alpha value is -3.98. The SMILES string of the molecule is C=CCN(C#N)c1nc(C=Cc2ccccc2)nc(-c2ccccc2O)n1. The first-order valence-electron chi connectivity index (χ1n) is 8.27. The molecule has 0 aliphatic heterocycles. The highest BCUT2D eigenvalue weighted by molar-refractivity contribution is 5.70. The second-order valence-corrected chi connectivity index (χ2v) is 5.58. The van der Waals surface area contributed by atoms with Gasteiger partial charge >= 0.3 is 0 Å². The lowest BCUT2D eigenvalue weighted by Gasteiger charge is -2.13. The number of hydrogen-bond acceptors (Lipinski definition) is 6. The average Bonchev–Trinajstić information content (AvgIpc) is 2.71. The number of anilines is 1. The number of rotatable bonds is 6. The predicted octanol–water partition coefficient (Wildman–Crippen LogP) is 3.89.